The van der Waals surface area contributed by atoms with Gasteiger partial charge in [-0.05, 0) is 42.5 Å². The molecule has 0 saturated heterocycles. The number of hydrogen-bond acceptors (Lipinski definition) is 2. The Labute approximate surface area is 184 Å². The molecule has 0 spiro atoms. The Hall–Kier alpha value is -3.32. The molecule has 0 bridgehead atoms. The van der Waals surface area contributed by atoms with Crippen molar-refractivity contribution in [1.29, 1.82) is 0 Å². The molecule has 1 heterocycles. The SMILES string of the molecule is [C-]#[N+]c1ccc(-c2c3c(nn2-c2ccccc2OC)C=C(CC2CCCCC2)C3)cc1. The molecule has 156 valence electrons. The lowest BCUT2D eigenvalue weighted by Gasteiger charge is -2.22. The third-order valence-corrected chi connectivity index (χ3v) is 6.62. The molecule has 3 aromatic rings. The largest absolute Gasteiger partial charge is 0.494 e. The first-order valence-electron chi connectivity index (χ1n) is 11.2. The van der Waals surface area contributed by atoms with Crippen LogP contribution in [-0.2, 0) is 6.42 Å². The van der Waals surface area contributed by atoms with Gasteiger partial charge in [0.05, 0.1) is 25.1 Å². The summed E-state index contributed by atoms with van der Waals surface area (Å²) in [4.78, 5) is 3.55. The van der Waals surface area contributed by atoms with E-state index in [2.05, 4.69) is 10.9 Å². The molecular formula is C27H27N3O. The van der Waals surface area contributed by atoms with E-state index in [1.54, 1.807) is 7.11 Å². The van der Waals surface area contributed by atoms with E-state index >= 15 is 0 Å². The number of nitrogens with zero attached hydrogens (tertiary/aromatic N) is 3. The Morgan fingerprint density at radius 2 is 1.84 bits per heavy atom. The van der Waals surface area contributed by atoms with Crippen LogP contribution in [0.5, 0.6) is 5.75 Å². The Balaban J connectivity index is 1.57. The molecule has 4 heteroatoms. The Morgan fingerprint density at radius 1 is 1.06 bits per heavy atom. The van der Waals surface area contributed by atoms with Gasteiger partial charge in [-0.3, -0.25) is 0 Å². The highest BCUT2D eigenvalue weighted by atomic mass is 16.5. The number of fused-ring (bicyclic) bond motifs is 1. The van der Waals surface area contributed by atoms with Gasteiger partial charge < -0.3 is 4.74 Å². The minimum atomic E-state index is 0.653. The van der Waals surface area contributed by atoms with Crippen LogP contribution in [-0.4, -0.2) is 16.9 Å². The monoisotopic (exact) mass is 409 g/mol. The van der Waals surface area contributed by atoms with E-state index in [-0.39, 0.29) is 0 Å². The predicted molar refractivity (Wildman–Crippen MR) is 125 cm³/mol. The fourth-order valence-corrected chi connectivity index (χ4v) is 5.09. The van der Waals surface area contributed by atoms with Crippen molar-refractivity contribution in [3.8, 4) is 22.7 Å². The van der Waals surface area contributed by atoms with Gasteiger partial charge in [0.2, 0.25) is 0 Å². The van der Waals surface area contributed by atoms with Crippen LogP contribution in [0.25, 0.3) is 27.9 Å². The summed E-state index contributed by atoms with van der Waals surface area (Å²) in [5.41, 5.74) is 7.64. The lowest BCUT2D eigenvalue weighted by atomic mass is 9.84. The molecule has 2 aromatic carbocycles. The van der Waals surface area contributed by atoms with Gasteiger partial charge >= 0.3 is 0 Å². The Morgan fingerprint density at radius 3 is 2.58 bits per heavy atom. The zero-order chi connectivity index (χ0) is 21.2. The minimum absolute atomic E-state index is 0.653. The van der Waals surface area contributed by atoms with Gasteiger partial charge in [0.1, 0.15) is 11.4 Å². The first-order chi connectivity index (χ1) is 15.3. The van der Waals surface area contributed by atoms with E-state index in [1.165, 1.54) is 49.7 Å². The fraction of sp³-hybridized carbons (Fsp3) is 0.333. The number of ether oxygens (including phenoxy) is 1. The number of hydrogen-bond donors (Lipinski definition) is 0. The van der Waals surface area contributed by atoms with Crippen molar-refractivity contribution < 1.29 is 4.74 Å². The van der Waals surface area contributed by atoms with Gasteiger partial charge in [-0.1, -0.05) is 74.1 Å². The first kappa shape index (κ1) is 19.6. The zero-order valence-electron chi connectivity index (χ0n) is 18.0. The second-order valence-corrected chi connectivity index (χ2v) is 8.64. The minimum Gasteiger partial charge on any atom is -0.494 e. The molecule has 2 aliphatic carbocycles. The van der Waals surface area contributed by atoms with Crippen LogP contribution in [0.2, 0.25) is 0 Å². The summed E-state index contributed by atoms with van der Waals surface area (Å²) < 4.78 is 7.65. The second kappa shape index (κ2) is 8.43. The fourth-order valence-electron chi connectivity index (χ4n) is 5.09. The van der Waals surface area contributed by atoms with Crippen molar-refractivity contribution in [2.45, 2.75) is 44.9 Å². The van der Waals surface area contributed by atoms with Gasteiger partial charge in [-0.2, -0.15) is 5.10 Å². The van der Waals surface area contributed by atoms with E-state index in [0.717, 1.165) is 40.7 Å². The Bertz CT molecular complexity index is 1160. The molecule has 1 saturated carbocycles. The molecule has 0 radical (unpaired) electrons. The lowest BCUT2D eigenvalue weighted by molar-refractivity contribution is 0.355. The van der Waals surface area contributed by atoms with Gasteiger partial charge in [-0.25, -0.2) is 9.53 Å². The quantitative estimate of drug-likeness (QED) is 0.425. The molecule has 1 aromatic heterocycles. The van der Waals surface area contributed by atoms with Gasteiger partial charge in [0, 0.05) is 5.56 Å². The molecule has 2 aliphatic rings. The maximum absolute atomic E-state index is 7.27. The normalized spacial score (nSPS) is 15.9. The van der Waals surface area contributed by atoms with Crippen LogP contribution in [0.3, 0.4) is 0 Å². The molecule has 0 atom stereocenters. The predicted octanol–water partition coefficient (Wildman–Crippen LogP) is 7.01. The van der Waals surface area contributed by atoms with Crippen LogP contribution in [0.1, 0.15) is 49.8 Å². The number of methoxy groups -OCH3 is 1. The van der Waals surface area contributed by atoms with E-state index in [9.17, 15) is 0 Å². The van der Waals surface area contributed by atoms with E-state index in [0.29, 0.717) is 5.69 Å². The molecule has 5 rings (SSSR count). The molecule has 4 nitrogen and oxygen atoms in total. The van der Waals surface area contributed by atoms with Crippen LogP contribution in [0.4, 0.5) is 5.69 Å². The number of aromatic nitrogens is 2. The first-order valence-corrected chi connectivity index (χ1v) is 11.2. The van der Waals surface area contributed by atoms with Crippen molar-refractivity contribution in [2.24, 2.45) is 5.92 Å². The number of benzene rings is 2. The summed E-state index contributed by atoms with van der Waals surface area (Å²) in [6.45, 7) is 7.27. The average Bonchev–Trinajstić information content (AvgIpc) is 3.37. The van der Waals surface area contributed by atoms with Crippen molar-refractivity contribution >= 4 is 11.8 Å². The molecule has 0 unspecified atom stereocenters. The van der Waals surface area contributed by atoms with Gasteiger partial charge in [-0.15, -0.1) is 0 Å². The third-order valence-electron chi connectivity index (χ3n) is 6.62. The summed E-state index contributed by atoms with van der Waals surface area (Å²) in [7, 11) is 1.70. The molecule has 1 fully saturated rings. The number of para-hydroxylation sites is 2. The van der Waals surface area contributed by atoms with E-state index < -0.39 is 0 Å². The maximum Gasteiger partial charge on any atom is 0.187 e. The van der Waals surface area contributed by atoms with E-state index in [4.69, 9.17) is 16.4 Å². The summed E-state index contributed by atoms with van der Waals surface area (Å²) >= 11 is 0. The van der Waals surface area contributed by atoms with Crippen LogP contribution in [0, 0.1) is 12.5 Å². The van der Waals surface area contributed by atoms with Crippen molar-refractivity contribution in [3.05, 3.63) is 76.8 Å². The second-order valence-electron chi connectivity index (χ2n) is 8.64. The average molecular weight is 410 g/mol. The van der Waals surface area contributed by atoms with Gasteiger partial charge in [0.15, 0.2) is 5.69 Å². The summed E-state index contributed by atoms with van der Waals surface area (Å²) in [5.74, 6) is 1.63. The van der Waals surface area contributed by atoms with Gasteiger partial charge in [0.25, 0.3) is 0 Å². The van der Waals surface area contributed by atoms with Crippen molar-refractivity contribution in [3.63, 3.8) is 0 Å². The summed E-state index contributed by atoms with van der Waals surface area (Å²) in [6.07, 6.45) is 11.3. The highest BCUT2D eigenvalue weighted by molar-refractivity contribution is 5.76. The van der Waals surface area contributed by atoms with Crippen molar-refractivity contribution in [2.75, 3.05) is 7.11 Å². The van der Waals surface area contributed by atoms with Crippen LogP contribution < -0.4 is 4.74 Å². The van der Waals surface area contributed by atoms with Crippen LogP contribution in [0.15, 0.2) is 54.1 Å². The Kier molecular flexibility index (Phi) is 5.34. The van der Waals surface area contributed by atoms with Crippen molar-refractivity contribution in [1.82, 2.24) is 9.78 Å². The summed E-state index contributed by atoms with van der Waals surface area (Å²) in [5, 5.41) is 5.03. The molecule has 31 heavy (non-hydrogen) atoms. The molecule has 0 N–H and O–H groups in total. The highest BCUT2D eigenvalue weighted by Crippen LogP contribution is 2.40. The third kappa shape index (κ3) is 3.77. The number of allylic oxidation sites excluding steroid dienone is 1. The summed E-state index contributed by atoms with van der Waals surface area (Å²) in [6, 6.07) is 15.9. The van der Waals surface area contributed by atoms with Crippen LogP contribution >= 0.6 is 0 Å². The molecular weight excluding hydrogens is 382 g/mol. The smallest absolute Gasteiger partial charge is 0.187 e. The standard InChI is InChI=1S/C27H27N3O/c1-28-22-14-12-21(13-15-22)27-23-17-20(16-19-8-4-3-5-9-19)18-24(23)29-30(27)25-10-6-7-11-26(25)31-2/h6-7,10-15,18-19H,3-5,8-9,16-17H2,2H3. The molecule has 0 aliphatic heterocycles. The topological polar surface area (TPSA) is 31.4 Å². The lowest BCUT2D eigenvalue weighted by Crippen LogP contribution is -2.08. The number of rotatable bonds is 5. The maximum atomic E-state index is 7.27. The molecule has 0 amide bonds. The highest BCUT2D eigenvalue weighted by Gasteiger charge is 2.27. The van der Waals surface area contributed by atoms with E-state index in [1.807, 2.05) is 53.2 Å². The zero-order valence-corrected chi connectivity index (χ0v) is 18.0.